The van der Waals surface area contributed by atoms with Crippen molar-refractivity contribution in [2.24, 2.45) is 5.73 Å². The zero-order valence-corrected chi connectivity index (χ0v) is 9.06. The van der Waals surface area contributed by atoms with E-state index in [1.54, 1.807) is 24.1 Å². The zero-order valence-electron chi connectivity index (χ0n) is 9.06. The number of hydrogen-bond acceptors (Lipinski definition) is 3. The molecule has 88 valence electrons. The van der Waals surface area contributed by atoms with E-state index < -0.39 is 12.0 Å². The number of carbonyl (C=O) groups is 1. The van der Waals surface area contributed by atoms with Crippen LogP contribution in [0, 0.1) is 5.82 Å². The van der Waals surface area contributed by atoms with Gasteiger partial charge in [0.1, 0.15) is 11.9 Å². The summed E-state index contributed by atoms with van der Waals surface area (Å²) in [5, 5.41) is 8.63. The summed E-state index contributed by atoms with van der Waals surface area (Å²) >= 11 is 0. The molecule has 1 unspecified atom stereocenters. The van der Waals surface area contributed by atoms with Gasteiger partial charge in [-0.3, -0.25) is 9.69 Å². The van der Waals surface area contributed by atoms with Gasteiger partial charge in [-0.1, -0.05) is 12.1 Å². The lowest BCUT2D eigenvalue weighted by Crippen LogP contribution is -2.40. The van der Waals surface area contributed by atoms with Crippen LogP contribution < -0.4 is 5.73 Å². The van der Waals surface area contributed by atoms with Crippen molar-refractivity contribution in [3.05, 3.63) is 35.6 Å². The topological polar surface area (TPSA) is 66.6 Å². The van der Waals surface area contributed by atoms with Crippen LogP contribution in [0.4, 0.5) is 4.39 Å². The normalized spacial score (nSPS) is 12.8. The maximum absolute atomic E-state index is 12.6. The molecule has 0 fully saturated rings. The molecule has 0 saturated carbocycles. The third-order valence-electron chi connectivity index (χ3n) is 2.19. The highest BCUT2D eigenvalue weighted by Crippen LogP contribution is 2.05. The zero-order chi connectivity index (χ0) is 12.1. The van der Waals surface area contributed by atoms with Gasteiger partial charge in [0, 0.05) is 13.1 Å². The van der Waals surface area contributed by atoms with Gasteiger partial charge in [0.05, 0.1) is 0 Å². The first-order chi connectivity index (χ1) is 7.49. The predicted octanol–water partition coefficient (Wildman–Crippen LogP) is 0.669. The van der Waals surface area contributed by atoms with Gasteiger partial charge in [0.15, 0.2) is 0 Å². The second-order valence-corrected chi connectivity index (χ2v) is 3.77. The Morgan fingerprint density at radius 2 is 2.06 bits per heavy atom. The van der Waals surface area contributed by atoms with E-state index in [-0.39, 0.29) is 12.4 Å². The van der Waals surface area contributed by atoms with Crippen molar-refractivity contribution >= 4 is 5.97 Å². The number of nitrogens with zero attached hydrogens (tertiary/aromatic N) is 1. The molecule has 0 aromatic heterocycles. The summed E-state index contributed by atoms with van der Waals surface area (Å²) in [6.07, 6.45) is 0. The van der Waals surface area contributed by atoms with Crippen LogP contribution in [-0.2, 0) is 11.3 Å². The quantitative estimate of drug-likeness (QED) is 0.774. The van der Waals surface area contributed by atoms with Gasteiger partial charge in [-0.05, 0) is 24.7 Å². The molecule has 1 atom stereocenters. The third-order valence-corrected chi connectivity index (χ3v) is 2.19. The van der Waals surface area contributed by atoms with Gasteiger partial charge >= 0.3 is 5.97 Å². The highest BCUT2D eigenvalue weighted by molar-refractivity contribution is 5.73. The van der Waals surface area contributed by atoms with Gasteiger partial charge in [-0.2, -0.15) is 0 Å². The highest BCUT2D eigenvalue weighted by Gasteiger charge is 2.13. The van der Waals surface area contributed by atoms with Gasteiger partial charge in [-0.25, -0.2) is 4.39 Å². The van der Waals surface area contributed by atoms with Crippen molar-refractivity contribution < 1.29 is 14.3 Å². The van der Waals surface area contributed by atoms with E-state index in [0.29, 0.717) is 6.54 Å². The van der Waals surface area contributed by atoms with Crippen LogP contribution in [-0.4, -0.2) is 35.6 Å². The highest BCUT2D eigenvalue weighted by atomic mass is 19.1. The van der Waals surface area contributed by atoms with Crippen molar-refractivity contribution in [2.75, 3.05) is 13.6 Å². The molecule has 16 heavy (non-hydrogen) atoms. The molecular weight excluding hydrogens is 211 g/mol. The van der Waals surface area contributed by atoms with Gasteiger partial charge in [0.2, 0.25) is 0 Å². The molecule has 1 rings (SSSR count). The fourth-order valence-electron chi connectivity index (χ4n) is 1.38. The molecule has 5 heteroatoms. The SMILES string of the molecule is CN(Cc1ccc(F)cc1)CC(N)C(=O)O. The molecule has 0 bridgehead atoms. The van der Waals surface area contributed by atoms with Gasteiger partial charge in [0.25, 0.3) is 0 Å². The van der Waals surface area contributed by atoms with Crippen LogP contribution >= 0.6 is 0 Å². The van der Waals surface area contributed by atoms with Gasteiger partial charge in [-0.15, -0.1) is 0 Å². The fraction of sp³-hybridized carbons (Fsp3) is 0.364. The van der Waals surface area contributed by atoms with Gasteiger partial charge < -0.3 is 10.8 Å². The molecular formula is C11H15FN2O2. The Morgan fingerprint density at radius 3 is 2.56 bits per heavy atom. The molecule has 0 saturated heterocycles. The summed E-state index contributed by atoms with van der Waals surface area (Å²) in [6, 6.07) is 5.18. The van der Waals surface area contributed by atoms with E-state index in [1.807, 2.05) is 0 Å². The Bertz CT molecular complexity index is 354. The minimum atomic E-state index is -1.02. The average molecular weight is 226 g/mol. The number of rotatable bonds is 5. The Morgan fingerprint density at radius 1 is 1.50 bits per heavy atom. The van der Waals surface area contributed by atoms with E-state index in [9.17, 15) is 9.18 Å². The summed E-state index contributed by atoms with van der Waals surface area (Å²) in [5.74, 6) is -1.31. The van der Waals surface area contributed by atoms with Crippen molar-refractivity contribution in [2.45, 2.75) is 12.6 Å². The molecule has 1 aromatic rings. The molecule has 1 aromatic carbocycles. The summed E-state index contributed by atoms with van der Waals surface area (Å²) in [5.41, 5.74) is 6.31. The minimum Gasteiger partial charge on any atom is -0.480 e. The summed E-state index contributed by atoms with van der Waals surface area (Å²) in [4.78, 5) is 12.3. The molecule has 0 radical (unpaired) electrons. The van der Waals surface area contributed by atoms with Crippen LogP contribution in [0.15, 0.2) is 24.3 Å². The summed E-state index contributed by atoms with van der Waals surface area (Å²) < 4.78 is 12.6. The molecule has 0 spiro atoms. The largest absolute Gasteiger partial charge is 0.480 e. The first-order valence-electron chi connectivity index (χ1n) is 4.90. The maximum Gasteiger partial charge on any atom is 0.321 e. The first kappa shape index (κ1) is 12.6. The number of hydrogen-bond donors (Lipinski definition) is 2. The number of nitrogens with two attached hydrogens (primary N) is 1. The van der Waals surface area contributed by atoms with E-state index >= 15 is 0 Å². The number of aliphatic carboxylic acids is 1. The molecule has 3 N–H and O–H groups in total. The Kier molecular flexibility index (Phi) is 4.39. The van der Waals surface area contributed by atoms with Crippen LogP contribution in [0.25, 0.3) is 0 Å². The number of carboxylic acids is 1. The molecule has 0 aliphatic carbocycles. The summed E-state index contributed by atoms with van der Waals surface area (Å²) in [7, 11) is 1.77. The van der Waals surface area contributed by atoms with Crippen LogP contribution in [0.1, 0.15) is 5.56 Å². The predicted molar refractivity (Wildman–Crippen MR) is 58.3 cm³/mol. The molecule has 0 aliphatic heterocycles. The van der Waals surface area contributed by atoms with Crippen molar-refractivity contribution in [1.82, 2.24) is 4.90 Å². The summed E-state index contributed by atoms with van der Waals surface area (Å²) in [6.45, 7) is 0.800. The second kappa shape index (κ2) is 5.58. The van der Waals surface area contributed by atoms with E-state index in [0.717, 1.165) is 5.56 Å². The smallest absolute Gasteiger partial charge is 0.321 e. The number of likely N-dealkylation sites (N-methyl/N-ethyl adjacent to an activating group) is 1. The van der Waals surface area contributed by atoms with Crippen molar-refractivity contribution in [3.63, 3.8) is 0 Å². The standard InChI is InChI=1S/C11H15FN2O2/c1-14(7-10(13)11(15)16)6-8-2-4-9(12)5-3-8/h2-5,10H,6-7,13H2,1H3,(H,15,16). The van der Waals surface area contributed by atoms with Crippen LogP contribution in [0.3, 0.4) is 0 Å². The Labute approximate surface area is 93.5 Å². The lowest BCUT2D eigenvalue weighted by Gasteiger charge is -2.18. The maximum atomic E-state index is 12.6. The molecule has 4 nitrogen and oxygen atoms in total. The Hall–Kier alpha value is -1.46. The fourth-order valence-corrected chi connectivity index (χ4v) is 1.38. The molecule has 0 heterocycles. The first-order valence-corrected chi connectivity index (χ1v) is 4.90. The molecule has 0 aliphatic rings. The van der Waals surface area contributed by atoms with Crippen LogP contribution in [0.2, 0.25) is 0 Å². The number of carboxylic acid groups (broad SMARTS) is 1. The van der Waals surface area contributed by atoms with E-state index in [4.69, 9.17) is 10.8 Å². The monoisotopic (exact) mass is 226 g/mol. The Balaban J connectivity index is 2.48. The second-order valence-electron chi connectivity index (χ2n) is 3.77. The average Bonchev–Trinajstić information content (AvgIpc) is 2.21. The van der Waals surface area contributed by atoms with E-state index in [2.05, 4.69) is 0 Å². The van der Waals surface area contributed by atoms with Crippen molar-refractivity contribution in [1.29, 1.82) is 0 Å². The van der Waals surface area contributed by atoms with Crippen molar-refractivity contribution in [3.8, 4) is 0 Å². The van der Waals surface area contributed by atoms with Crippen LogP contribution in [0.5, 0.6) is 0 Å². The molecule has 0 amide bonds. The lowest BCUT2D eigenvalue weighted by atomic mass is 10.2. The lowest BCUT2D eigenvalue weighted by molar-refractivity contribution is -0.138. The van der Waals surface area contributed by atoms with E-state index in [1.165, 1.54) is 12.1 Å². The number of halogens is 1. The third kappa shape index (κ3) is 3.96. The minimum absolute atomic E-state index is 0.257. The number of benzene rings is 1.